The molecule has 0 spiro atoms. The van der Waals surface area contributed by atoms with Crippen molar-refractivity contribution in [2.75, 3.05) is 13.1 Å². The molecular weight excluding hydrogens is 210 g/mol. The van der Waals surface area contributed by atoms with Crippen LogP contribution in [-0.2, 0) is 6.42 Å². The molecule has 0 saturated carbocycles. The van der Waals surface area contributed by atoms with Crippen molar-refractivity contribution in [3.8, 4) is 5.75 Å². The molecule has 0 aliphatic carbocycles. The van der Waals surface area contributed by atoms with Gasteiger partial charge >= 0.3 is 0 Å². The Morgan fingerprint density at radius 2 is 2.06 bits per heavy atom. The predicted molar refractivity (Wildman–Crippen MR) is 73.4 cm³/mol. The number of phenols is 1. The van der Waals surface area contributed by atoms with Gasteiger partial charge in [0.15, 0.2) is 0 Å². The van der Waals surface area contributed by atoms with Gasteiger partial charge < -0.3 is 10.4 Å². The highest BCUT2D eigenvalue weighted by molar-refractivity contribution is 5.27. The molecule has 0 aliphatic heterocycles. The number of phenolic OH excluding ortho intramolecular Hbond substituents is 1. The van der Waals surface area contributed by atoms with E-state index < -0.39 is 0 Å². The normalized spacial score (nSPS) is 14.5. The van der Waals surface area contributed by atoms with Crippen LogP contribution in [0, 0.1) is 5.41 Å². The smallest absolute Gasteiger partial charge is 0.115 e. The van der Waals surface area contributed by atoms with Crippen molar-refractivity contribution in [1.29, 1.82) is 0 Å². The van der Waals surface area contributed by atoms with Gasteiger partial charge in [-0.05, 0) is 42.5 Å². The molecule has 0 saturated heterocycles. The summed E-state index contributed by atoms with van der Waals surface area (Å²) in [6.45, 7) is 8.74. The maximum atomic E-state index is 9.50. The lowest BCUT2D eigenvalue weighted by Gasteiger charge is -2.30. The summed E-state index contributed by atoms with van der Waals surface area (Å²) in [6, 6.07) is 7.62. The van der Waals surface area contributed by atoms with E-state index in [9.17, 15) is 5.11 Å². The lowest BCUT2D eigenvalue weighted by atomic mass is 9.79. The number of rotatable bonds is 7. The zero-order chi connectivity index (χ0) is 12.7. The lowest BCUT2D eigenvalue weighted by molar-refractivity contribution is 0.277. The number of benzene rings is 1. The second kappa shape index (κ2) is 6.65. The highest BCUT2D eigenvalue weighted by Crippen LogP contribution is 2.28. The predicted octanol–water partition coefficient (Wildman–Crippen LogP) is 3.35. The molecule has 0 aliphatic rings. The molecule has 1 atom stereocenters. The fraction of sp³-hybridized carbons (Fsp3) is 0.600. The Balaban J connectivity index is 2.71. The maximum Gasteiger partial charge on any atom is 0.115 e. The molecule has 2 N–H and O–H groups in total. The molecule has 0 heterocycles. The van der Waals surface area contributed by atoms with Gasteiger partial charge in [-0.25, -0.2) is 0 Å². The van der Waals surface area contributed by atoms with E-state index >= 15 is 0 Å². The molecule has 1 aromatic rings. The summed E-state index contributed by atoms with van der Waals surface area (Å²) in [5.41, 5.74) is 1.50. The minimum atomic E-state index is 0.276. The SMILES string of the molecule is CCCC(C)(CNCC)Cc1cccc(O)c1. The van der Waals surface area contributed by atoms with Gasteiger partial charge in [-0.3, -0.25) is 0 Å². The van der Waals surface area contributed by atoms with Crippen LogP contribution >= 0.6 is 0 Å². The van der Waals surface area contributed by atoms with E-state index in [1.807, 2.05) is 12.1 Å². The van der Waals surface area contributed by atoms with Crippen LogP contribution in [0.2, 0.25) is 0 Å². The Bertz CT molecular complexity index is 337. The molecule has 0 amide bonds. The summed E-state index contributed by atoms with van der Waals surface area (Å²) in [6.07, 6.45) is 3.42. The Morgan fingerprint density at radius 1 is 1.29 bits per heavy atom. The molecule has 2 heteroatoms. The van der Waals surface area contributed by atoms with Crippen LogP contribution in [0.4, 0.5) is 0 Å². The summed E-state index contributed by atoms with van der Waals surface area (Å²) in [5, 5.41) is 12.9. The molecule has 0 radical (unpaired) electrons. The van der Waals surface area contributed by atoms with E-state index in [2.05, 4.69) is 32.2 Å². The van der Waals surface area contributed by atoms with E-state index in [1.54, 1.807) is 6.07 Å². The fourth-order valence-corrected chi connectivity index (χ4v) is 2.43. The molecule has 1 unspecified atom stereocenters. The van der Waals surface area contributed by atoms with Crippen LogP contribution < -0.4 is 5.32 Å². The van der Waals surface area contributed by atoms with E-state index in [1.165, 1.54) is 18.4 Å². The first-order valence-corrected chi connectivity index (χ1v) is 6.58. The van der Waals surface area contributed by atoms with Gasteiger partial charge in [0, 0.05) is 6.54 Å². The standard InChI is InChI=1S/C15H25NO/c1-4-9-15(3,12-16-5-2)11-13-7-6-8-14(17)10-13/h6-8,10,16-17H,4-5,9,11-12H2,1-3H3. The third-order valence-corrected chi connectivity index (χ3v) is 3.20. The molecular formula is C15H25NO. The monoisotopic (exact) mass is 235 g/mol. The quantitative estimate of drug-likeness (QED) is 0.759. The average Bonchev–Trinajstić information content (AvgIpc) is 2.27. The van der Waals surface area contributed by atoms with E-state index in [4.69, 9.17) is 0 Å². The Hall–Kier alpha value is -1.02. The van der Waals surface area contributed by atoms with Crippen molar-refractivity contribution >= 4 is 0 Å². The van der Waals surface area contributed by atoms with Gasteiger partial charge in [0.25, 0.3) is 0 Å². The van der Waals surface area contributed by atoms with Crippen molar-refractivity contribution in [2.45, 2.75) is 40.0 Å². The minimum Gasteiger partial charge on any atom is -0.508 e. The number of hydrogen-bond acceptors (Lipinski definition) is 2. The fourth-order valence-electron chi connectivity index (χ4n) is 2.43. The molecule has 1 aromatic carbocycles. The van der Waals surface area contributed by atoms with Crippen molar-refractivity contribution in [3.05, 3.63) is 29.8 Å². The van der Waals surface area contributed by atoms with Gasteiger partial charge in [0.05, 0.1) is 0 Å². The van der Waals surface area contributed by atoms with Crippen molar-refractivity contribution in [3.63, 3.8) is 0 Å². The molecule has 0 fully saturated rings. The van der Waals surface area contributed by atoms with Crippen LogP contribution in [0.15, 0.2) is 24.3 Å². The molecule has 0 aromatic heterocycles. The highest BCUT2D eigenvalue weighted by atomic mass is 16.3. The van der Waals surface area contributed by atoms with Crippen LogP contribution in [0.1, 0.15) is 39.2 Å². The summed E-state index contributed by atoms with van der Waals surface area (Å²) < 4.78 is 0. The first-order valence-electron chi connectivity index (χ1n) is 6.58. The highest BCUT2D eigenvalue weighted by Gasteiger charge is 2.23. The van der Waals surface area contributed by atoms with Crippen LogP contribution in [0.25, 0.3) is 0 Å². The summed E-state index contributed by atoms with van der Waals surface area (Å²) in [7, 11) is 0. The first-order chi connectivity index (χ1) is 8.09. The second-order valence-corrected chi connectivity index (χ2v) is 5.19. The Labute approximate surface area is 105 Å². The summed E-state index contributed by atoms with van der Waals surface area (Å²) in [4.78, 5) is 0. The lowest BCUT2D eigenvalue weighted by Crippen LogP contribution is -2.33. The number of hydrogen-bond donors (Lipinski definition) is 2. The average molecular weight is 235 g/mol. The van der Waals surface area contributed by atoms with Gasteiger partial charge in [-0.2, -0.15) is 0 Å². The van der Waals surface area contributed by atoms with E-state index in [-0.39, 0.29) is 5.41 Å². The first kappa shape index (κ1) is 14.0. The van der Waals surface area contributed by atoms with Crippen LogP contribution in [0.3, 0.4) is 0 Å². The second-order valence-electron chi connectivity index (χ2n) is 5.19. The topological polar surface area (TPSA) is 32.3 Å². The minimum absolute atomic E-state index is 0.276. The maximum absolute atomic E-state index is 9.50. The number of aromatic hydroxyl groups is 1. The van der Waals surface area contributed by atoms with Crippen molar-refractivity contribution < 1.29 is 5.11 Å². The third kappa shape index (κ3) is 4.78. The number of nitrogens with one attached hydrogen (secondary N) is 1. The van der Waals surface area contributed by atoms with Crippen LogP contribution in [-0.4, -0.2) is 18.2 Å². The third-order valence-electron chi connectivity index (χ3n) is 3.20. The Kier molecular flexibility index (Phi) is 5.49. The molecule has 0 bridgehead atoms. The van der Waals surface area contributed by atoms with Crippen molar-refractivity contribution in [1.82, 2.24) is 5.32 Å². The Morgan fingerprint density at radius 3 is 2.65 bits per heavy atom. The van der Waals surface area contributed by atoms with Crippen LogP contribution in [0.5, 0.6) is 5.75 Å². The molecule has 17 heavy (non-hydrogen) atoms. The molecule has 2 nitrogen and oxygen atoms in total. The zero-order valence-corrected chi connectivity index (χ0v) is 11.3. The van der Waals surface area contributed by atoms with Gasteiger partial charge in [0.1, 0.15) is 5.75 Å². The summed E-state index contributed by atoms with van der Waals surface area (Å²) in [5.74, 6) is 0.366. The van der Waals surface area contributed by atoms with E-state index in [0.717, 1.165) is 19.5 Å². The van der Waals surface area contributed by atoms with E-state index in [0.29, 0.717) is 5.75 Å². The largest absolute Gasteiger partial charge is 0.508 e. The van der Waals surface area contributed by atoms with Gasteiger partial charge in [-0.1, -0.05) is 39.3 Å². The zero-order valence-electron chi connectivity index (χ0n) is 11.3. The summed E-state index contributed by atoms with van der Waals surface area (Å²) >= 11 is 0. The van der Waals surface area contributed by atoms with Gasteiger partial charge in [-0.15, -0.1) is 0 Å². The van der Waals surface area contributed by atoms with Crippen molar-refractivity contribution in [2.24, 2.45) is 5.41 Å². The van der Waals surface area contributed by atoms with Gasteiger partial charge in [0.2, 0.25) is 0 Å². The molecule has 1 rings (SSSR count). The molecule has 96 valence electrons.